The Bertz CT molecular complexity index is 355. The Morgan fingerprint density at radius 1 is 1.33 bits per heavy atom. The molecule has 0 spiro atoms. The van der Waals surface area contributed by atoms with E-state index in [0.717, 1.165) is 19.6 Å². The molecule has 0 amide bonds. The van der Waals surface area contributed by atoms with Gasteiger partial charge in [-0.2, -0.15) is 0 Å². The molecule has 3 heteroatoms. The van der Waals surface area contributed by atoms with Crippen LogP contribution in [0.25, 0.3) is 0 Å². The van der Waals surface area contributed by atoms with E-state index in [-0.39, 0.29) is 0 Å². The zero-order valence-corrected chi connectivity index (χ0v) is 11.4. The zero-order valence-electron chi connectivity index (χ0n) is 11.4. The van der Waals surface area contributed by atoms with Crippen molar-refractivity contribution in [3.8, 4) is 0 Å². The van der Waals surface area contributed by atoms with Crippen LogP contribution in [0.3, 0.4) is 0 Å². The molecule has 3 nitrogen and oxygen atoms in total. The highest BCUT2D eigenvalue weighted by atomic mass is 16.5. The average Bonchev–Trinajstić information content (AvgIpc) is 2.40. The van der Waals surface area contributed by atoms with Crippen LogP contribution in [0.4, 0.5) is 5.69 Å². The summed E-state index contributed by atoms with van der Waals surface area (Å²) in [6.45, 7) is 6.84. The molecule has 0 bridgehead atoms. The first-order valence-corrected chi connectivity index (χ1v) is 6.87. The molecule has 1 atom stereocenters. The number of hydrogen-bond donors (Lipinski definition) is 1. The summed E-state index contributed by atoms with van der Waals surface area (Å²) >= 11 is 0. The van der Waals surface area contributed by atoms with Crippen molar-refractivity contribution < 1.29 is 4.74 Å². The largest absolute Gasteiger partial charge is 0.379 e. The molecule has 1 fully saturated rings. The van der Waals surface area contributed by atoms with Gasteiger partial charge in [-0.3, -0.25) is 0 Å². The van der Waals surface area contributed by atoms with E-state index in [1.54, 1.807) is 0 Å². The topological polar surface area (TPSA) is 38.5 Å². The Balaban J connectivity index is 2.17. The van der Waals surface area contributed by atoms with E-state index in [9.17, 15) is 0 Å². The number of anilines is 1. The first-order valence-electron chi connectivity index (χ1n) is 6.87. The lowest BCUT2D eigenvalue weighted by Crippen LogP contribution is -2.45. The van der Waals surface area contributed by atoms with Crippen LogP contribution in [0, 0.1) is 0 Å². The third-order valence-corrected chi connectivity index (χ3v) is 3.56. The Kier molecular flexibility index (Phi) is 4.61. The molecule has 1 unspecified atom stereocenters. The van der Waals surface area contributed by atoms with Crippen LogP contribution in [-0.4, -0.2) is 25.3 Å². The lowest BCUT2D eigenvalue weighted by molar-refractivity contribution is 0.0775. The monoisotopic (exact) mass is 248 g/mol. The summed E-state index contributed by atoms with van der Waals surface area (Å²) in [6, 6.07) is 9.58. The number of nitrogens with two attached hydrogens (primary N) is 1. The van der Waals surface area contributed by atoms with Crippen molar-refractivity contribution in [3.63, 3.8) is 0 Å². The summed E-state index contributed by atoms with van der Waals surface area (Å²) in [7, 11) is 0. The molecule has 0 radical (unpaired) electrons. The molecular weight excluding hydrogens is 224 g/mol. The maximum Gasteiger partial charge on any atom is 0.0670 e. The third kappa shape index (κ3) is 3.03. The smallest absolute Gasteiger partial charge is 0.0670 e. The van der Waals surface area contributed by atoms with Crippen molar-refractivity contribution in [2.24, 2.45) is 5.73 Å². The minimum atomic E-state index is 0.487. The van der Waals surface area contributed by atoms with Gasteiger partial charge in [0.1, 0.15) is 0 Å². The van der Waals surface area contributed by atoms with E-state index in [0.29, 0.717) is 18.6 Å². The molecule has 0 aromatic heterocycles. The van der Waals surface area contributed by atoms with Gasteiger partial charge in [-0.1, -0.05) is 12.1 Å². The van der Waals surface area contributed by atoms with Gasteiger partial charge in [-0.15, -0.1) is 0 Å². The third-order valence-electron chi connectivity index (χ3n) is 3.56. The Morgan fingerprint density at radius 3 is 2.56 bits per heavy atom. The minimum Gasteiger partial charge on any atom is -0.379 e. The van der Waals surface area contributed by atoms with Crippen LogP contribution in [0.1, 0.15) is 32.3 Å². The van der Waals surface area contributed by atoms with E-state index in [4.69, 9.17) is 10.5 Å². The Labute approximate surface area is 110 Å². The van der Waals surface area contributed by atoms with Gasteiger partial charge < -0.3 is 15.4 Å². The van der Waals surface area contributed by atoms with Gasteiger partial charge in [0, 0.05) is 24.9 Å². The molecular formula is C15H24N2O. The van der Waals surface area contributed by atoms with Crippen molar-refractivity contribution >= 4 is 5.69 Å². The quantitative estimate of drug-likeness (QED) is 0.890. The van der Waals surface area contributed by atoms with Crippen molar-refractivity contribution in [2.75, 3.05) is 18.1 Å². The van der Waals surface area contributed by atoms with Gasteiger partial charge in [0.15, 0.2) is 0 Å². The highest BCUT2D eigenvalue weighted by Crippen LogP contribution is 2.24. The average molecular weight is 248 g/mol. The molecule has 2 rings (SSSR count). The van der Waals surface area contributed by atoms with E-state index in [2.05, 4.69) is 43.0 Å². The predicted molar refractivity (Wildman–Crippen MR) is 75.8 cm³/mol. The normalized spacial score (nSPS) is 20.1. The van der Waals surface area contributed by atoms with Gasteiger partial charge in [0.2, 0.25) is 0 Å². The lowest BCUT2D eigenvalue weighted by atomic mass is 10.0. The standard InChI is InChI=1S/C15H24N2O/c1-12(2)17(15-4-3-9-18-11-15)14-7-5-13(10-16)6-8-14/h5-8,12,15H,3-4,9-11,16H2,1-2H3. The van der Waals surface area contributed by atoms with Crippen LogP contribution in [0.5, 0.6) is 0 Å². The fraction of sp³-hybridized carbons (Fsp3) is 0.600. The van der Waals surface area contributed by atoms with E-state index >= 15 is 0 Å². The van der Waals surface area contributed by atoms with Crippen molar-refractivity contribution in [3.05, 3.63) is 29.8 Å². The Hall–Kier alpha value is -1.06. The fourth-order valence-corrected chi connectivity index (χ4v) is 2.68. The molecule has 1 aromatic rings. The Morgan fingerprint density at radius 2 is 2.06 bits per heavy atom. The number of hydrogen-bond acceptors (Lipinski definition) is 3. The summed E-state index contributed by atoms with van der Waals surface area (Å²) in [5.41, 5.74) is 8.10. The molecule has 0 saturated carbocycles. The lowest BCUT2D eigenvalue weighted by Gasteiger charge is -2.39. The maximum atomic E-state index is 5.64. The van der Waals surface area contributed by atoms with Crippen LogP contribution >= 0.6 is 0 Å². The van der Waals surface area contributed by atoms with Gasteiger partial charge >= 0.3 is 0 Å². The number of benzene rings is 1. The number of rotatable bonds is 4. The predicted octanol–water partition coefficient (Wildman–Crippen LogP) is 2.54. The molecule has 1 aromatic carbocycles. The van der Waals surface area contributed by atoms with Gasteiger partial charge in [0.05, 0.1) is 12.6 Å². The summed E-state index contributed by atoms with van der Waals surface area (Å²) in [5.74, 6) is 0. The van der Waals surface area contributed by atoms with Crippen molar-refractivity contribution in [1.29, 1.82) is 0 Å². The number of nitrogens with zero attached hydrogens (tertiary/aromatic N) is 1. The second-order valence-corrected chi connectivity index (χ2v) is 5.24. The van der Waals surface area contributed by atoms with Crippen molar-refractivity contribution in [1.82, 2.24) is 0 Å². The van der Waals surface area contributed by atoms with Crippen molar-refractivity contribution in [2.45, 2.75) is 45.3 Å². The molecule has 0 aliphatic carbocycles. The second-order valence-electron chi connectivity index (χ2n) is 5.24. The van der Waals surface area contributed by atoms with Gasteiger partial charge in [-0.25, -0.2) is 0 Å². The maximum absolute atomic E-state index is 5.64. The molecule has 18 heavy (non-hydrogen) atoms. The summed E-state index contributed by atoms with van der Waals surface area (Å²) in [5, 5.41) is 0. The van der Waals surface area contributed by atoms with E-state index in [1.807, 2.05) is 0 Å². The van der Waals surface area contributed by atoms with Gasteiger partial charge in [0.25, 0.3) is 0 Å². The fourth-order valence-electron chi connectivity index (χ4n) is 2.68. The van der Waals surface area contributed by atoms with Crippen LogP contribution in [0.2, 0.25) is 0 Å². The van der Waals surface area contributed by atoms with E-state index < -0.39 is 0 Å². The minimum absolute atomic E-state index is 0.487. The highest BCUT2D eigenvalue weighted by Gasteiger charge is 2.23. The summed E-state index contributed by atoms with van der Waals surface area (Å²) < 4.78 is 5.62. The SMILES string of the molecule is CC(C)N(c1ccc(CN)cc1)C1CCCOC1. The van der Waals surface area contributed by atoms with Crippen LogP contribution < -0.4 is 10.6 Å². The molecule has 100 valence electrons. The van der Waals surface area contributed by atoms with Crippen LogP contribution in [0.15, 0.2) is 24.3 Å². The highest BCUT2D eigenvalue weighted by molar-refractivity contribution is 5.49. The van der Waals surface area contributed by atoms with Crippen LogP contribution in [-0.2, 0) is 11.3 Å². The molecule has 2 N–H and O–H groups in total. The van der Waals surface area contributed by atoms with Gasteiger partial charge in [-0.05, 0) is 44.4 Å². The molecule has 1 aliphatic heterocycles. The molecule has 1 saturated heterocycles. The number of ether oxygens (including phenoxy) is 1. The first kappa shape index (κ1) is 13.4. The summed E-state index contributed by atoms with van der Waals surface area (Å²) in [6.07, 6.45) is 2.38. The first-order chi connectivity index (χ1) is 8.72. The van der Waals surface area contributed by atoms with E-state index in [1.165, 1.54) is 17.7 Å². The zero-order chi connectivity index (χ0) is 13.0. The molecule has 1 aliphatic rings. The summed E-state index contributed by atoms with van der Waals surface area (Å²) in [4.78, 5) is 2.47. The second kappa shape index (κ2) is 6.21. The molecule has 1 heterocycles.